The highest BCUT2D eigenvalue weighted by molar-refractivity contribution is 7.09. The first kappa shape index (κ1) is 9.43. The number of pyridine rings is 1. The summed E-state index contributed by atoms with van der Waals surface area (Å²) in [6, 6.07) is 3.68. The van der Waals surface area contributed by atoms with E-state index in [0.717, 1.165) is 12.2 Å². The molecule has 1 N–H and O–H groups in total. The topological polar surface area (TPSA) is 37.8 Å². The Kier molecular flexibility index (Phi) is 2.96. The van der Waals surface area contributed by atoms with Crippen LogP contribution in [0.15, 0.2) is 30.0 Å². The number of thiazole rings is 1. The molecule has 0 bridgehead atoms. The van der Waals surface area contributed by atoms with Crippen molar-refractivity contribution >= 4 is 28.6 Å². The molecule has 0 aromatic carbocycles. The first-order chi connectivity index (χ1) is 6.84. The van der Waals surface area contributed by atoms with Gasteiger partial charge in [-0.25, -0.2) is 4.98 Å². The third-order valence-electron chi connectivity index (χ3n) is 1.68. The van der Waals surface area contributed by atoms with Gasteiger partial charge in [0.15, 0.2) is 0 Å². The highest BCUT2D eigenvalue weighted by atomic mass is 35.5. The lowest BCUT2D eigenvalue weighted by Crippen LogP contribution is -1.97. The summed E-state index contributed by atoms with van der Waals surface area (Å²) >= 11 is 7.37. The molecule has 2 aromatic heterocycles. The van der Waals surface area contributed by atoms with Gasteiger partial charge in [-0.2, -0.15) is 0 Å². The molecular formula is C9H8ClN3S. The van der Waals surface area contributed by atoms with Crippen LogP contribution in [0.5, 0.6) is 0 Å². The smallest absolute Gasteiger partial charge is 0.131 e. The number of hydrogen-bond donors (Lipinski definition) is 1. The highest BCUT2D eigenvalue weighted by Gasteiger charge is 1.96. The van der Waals surface area contributed by atoms with Gasteiger partial charge in [0.25, 0.3) is 0 Å². The molecule has 0 fully saturated rings. The van der Waals surface area contributed by atoms with Crippen molar-refractivity contribution in [1.29, 1.82) is 0 Å². The summed E-state index contributed by atoms with van der Waals surface area (Å²) in [5, 5.41) is 3.73. The van der Waals surface area contributed by atoms with Gasteiger partial charge in [-0.05, 0) is 12.1 Å². The normalized spacial score (nSPS) is 10.1. The second-order valence-corrected chi connectivity index (χ2v) is 4.05. The molecule has 0 unspecified atom stereocenters. The van der Waals surface area contributed by atoms with Gasteiger partial charge in [0.1, 0.15) is 5.15 Å². The van der Waals surface area contributed by atoms with Crippen LogP contribution in [0.25, 0.3) is 0 Å². The third kappa shape index (κ3) is 2.43. The molecule has 0 aliphatic rings. The van der Waals surface area contributed by atoms with Gasteiger partial charge >= 0.3 is 0 Å². The van der Waals surface area contributed by atoms with Crippen LogP contribution < -0.4 is 5.32 Å². The fraction of sp³-hybridized carbons (Fsp3) is 0.111. The molecular weight excluding hydrogens is 218 g/mol. The van der Waals surface area contributed by atoms with E-state index in [0.29, 0.717) is 5.15 Å². The fourth-order valence-corrected chi connectivity index (χ4v) is 1.74. The minimum atomic E-state index is 0.499. The Bertz CT molecular complexity index is 402. The minimum absolute atomic E-state index is 0.499. The van der Waals surface area contributed by atoms with E-state index >= 15 is 0 Å². The van der Waals surface area contributed by atoms with Gasteiger partial charge in [-0.3, -0.25) is 4.98 Å². The fourth-order valence-electron chi connectivity index (χ4n) is 1.03. The Morgan fingerprint density at radius 1 is 1.50 bits per heavy atom. The molecule has 2 heterocycles. The van der Waals surface area contributed by atoms with E-state index in [4.69, 9.17) is 11.6 Å². The molecule has 0 radical (unpaired) electrons. The van der Waals surface area contributed by atoms with Crippen LogP contribution in [0.4, 0.5) is 5.69 Å². The van der Waals surface area contributed by atoms with Crippen molar-refractivity contribution in [3.8, 4) is 0 Å². The van der Waals surface area contributed by atoms with Crippen molar-refractivity contribution in [2.45, 2.75) is 6.54 Å². The molecule has 0 saturated heterocycles. The SMILES string of the molecule is Clc1cc(NCc2cncs2)ccn1. The minimum Gasteiger partial charge on any atom is -0.380 e. The molecule has 0 spiro atoms. The first-order valence-corrected chi connectivity index (χ1v) is 5.33. The van der Waals surface area contributed by atoms with Crippen molar-refractivity contribution in [2.75, 3.05) is 5.32 Å². The van der Waals surface area contributed by atoms with Gasteiger partial charge in [0.2, 0.25) is 0 Å². The number of halogens is 1. The van der Waals surface area contributed by atoms with Crippen molar-refractivity contribution in [2.24, 2.45) is 0 Å². The second-order valence-electron chi connectivity index (χ2n) is 2.69. The molecule has 5 heteroatoms. The molecule has 0 amide bonds. The number of hydrogen-bond acceptors (Lipinski definition) is 4. The van der Waals surface area contributed by atoms with E-state index in [2.05, 4.69) is 15.3 Å². The van der Waals surface area contributed by atoms with Gasteiger partial charge in [0, 0.05) is 23.0 Å². The second kappa shape index (κ2) is 4.39. The number of rotatable bonds is 3. The Morgan fingerprint density at radius 2 is 2.43 bits per heavy atom. The van der Waals surface area contributed by atoms with Crippen LogP contribution in [-0.4, -0.2) is 9.97 Å². The lowest BCUT2D eigenvalue weighted by molar-refractivity contribution is 1.17. The van der Waals surface area contributed by atoms with E-state index in [1.165, 1.54) is 4.88 Å². The average Bonchev–Trinajstić information content (AvgIpc) is 2.67. The van der Waals surface area contributed by atoms with Gasteiger partial charge in [0.05, 0.1) is 12.1 Å². The van der Waals surface area contributed by atoms with E-state index < -0.39 is 0 Å². The summed E-state index contributed by atoms with van der Waals surface area (Å²) in [5.74, 6) is 0. The summed E-state index contributed by atoms with van der Waals surface area (Å²) in [4.78, 5) is 9.09. The van der Waals surface area contributed by atoms with E-state index in [-0.39, 0.29) is 0 Å². The predicted octanol–water partition coefficient (Wildman–Crippen LogP) is 2.80. The van der Waals surface area contributed by atoms with Crippen LogP contribution in [0.1, 0.15) is 4.88 Å². The molecule has 0 saturated carbocycles. The van der Waals surface area contributed by atoms with E-state index in [1.54, 1.807) is 23.6 Å². The lowest BCUT2D eigenvalue weighted by atomic mass is 10.4. The molecule has 72 valence electrons. The third-order valence-corrected chi connectivity index (χ3v) is 2.66. The maximum absolute atomic E-state index is 5.74. The zero-order valence-electron chi connectivity index (χ0n) is 7.27. The lowest BCUT2D eigenvalue weighted by Gasteiger charge is -2.03. The van der Waals surface area contributed by atoms with Crippen LogP contribution >= 0.6 is 22.9 Å². The highest BCUT2D eigenvalue weighted by Crippen LogP contribution is 2.14. The van der Waals surface area contributed by atoms with Crippen molar-refractivity contribution in [3.05, 3.63) is 40.1 Å². The Morgan fingerprint density at radius 3 is 3.14 bits per heavy atom. The zero-order valence-corrected chi connectivity index (χ0v) is 8.85. The first-order valence-electron chi connectivity index (χ1n) is 4.07. The zero-order chi connectivity index (χ0) is 9.80. The summed E-state index contributed by atoms with van der Waals surface area (Å²) in [6.07, 6.45) is 3.53. The van der Waals surface area contributed by atoms with Crippen molar-refractivity contribution in [3.63, 3.8) is 0 Å². The van der Waals surface area contributed by atoms with Crippen LogP contribution in [0.2, 0.25) is 5.15 Å². The molecule has 0 aliphatic carbocycles. The number of nitrogens with zero attached hydrogens (tertiary/aromatic N) is 2. The predicted molar refractivity (Wildman–Crippen MR) is 58.7 cm³/mol. The Balaban J connectivity index is 1.98. The van der Waals surface area contributed by atoms with Gasteiger partial charge in [-0.15, -0.1) is 11.3 Å². The van der Waals surface area contributed by atoms with Crippen molar-refractivity contribution < 1.29 is 0 Å². The van der Waals surface area contributed by atoms with E-state index in [9.17, 15) is 0 Å². The number of aromatic nitrogens is 2. The van der Waals surface area contributed by atoms with Crippen LogP contribution in [0, 0.1) is 0 Å². The van der Waals surface area contributed by atoms with Crippen LogP contribution in [0.3, 0.4) is 0 Å². The Hall–Kier alpha value is -1.13. The maximum Gasteiger partial charge on any atom is 0.131 e. The molecule has 3 nitrogen and oxygen atoms in total. The molecule has 0 atom stereocenters. The van der Waals surface area contributed by atoms with Crippen LogP contribution in [-0.2, 0) is 6.54 Å². The number of nitrogens with one attached hydrogen (secondary N) is 1. The molecule has 2 rings (SSSR count). The van der Waals surface area contributed by atoms with Crippen molar-refractivity contribution in [1.82, 2.24) is 9.97 Å². The van der Waals surface area contributed by atoms with Gasteiger partial charge < -0.3 is 5.32 Å². The average molecular weight is 226 g/mol. The summed E-state index contributed by atoms with van der Waals surface area (Å²) in [5.41, 5.74) is 2.79. The summed E-state index contributed by atoms with van der Waals surface area (Å²) in [6.45, 7) is 0.769. The quantitative estimate of drug-likeness (QED) is 0.817. The molecule has 2 aromatic rings. The summed E-state index contributed by atoms with van der Waals surface area (Å²) in [7, 11) is 0. The molecule has 14 heavy (non-hydrogen) atoms. The van der Waals surface area contributed by atoms with Gasteiger partial charge in [-0.1, -0.05) is 11.6 Å². The standard InChI is InChI=1S/C9H8ClN3S/c10-9-3-7(1-2-12-9)13-5-8-4-11-6-14-8/h1-4,6H,5H2,(H,12,13). The Labute approximate surface area is 90.8 Å². The molecule has 0 aliphatic heterocycles. The maximum atomic E-state index is 5.74. The monoisotopic (exact) mass is 225 g/mol. The largest absolute Gasteiger partial charge is 0.380 e. The summed E-state index contributed by atoms with van der Waals surface area (Å²) < 4.78 is 0. The van der Waals surface area contributed by atoms with E-state index in [1.807, 2.05) is 17.8 Å². The number of anilines is 1.